The third-order valence-electron chi connectivity index (χ3n) is 6.24. The standard InChI is InChI=1S/C22H26N4O4/c1-4-17-13(2)19(24-23-17)21(28)25-11-15-10-16(22(29)30-3)20(26(15)18(27)12-25)14-8-6-5-7-9-14/h5-9,15-16,20H,4,10-12H2,1-3H3,(H,23,24)/t15-,16-,20-/m0/s1. The molecule has 2 aliphatic heterocycles. The van der Waals surface area contributed by atoms with Crippen molar-refractivity contribution in [3.05, 3.63) is 52.8 Å². The van der Waals surface area contributed by atoms with Gasteiger partial charge in [0.25, 0.3) is 5.91 Å². The number of carbonyl (C=O) groups is 3. The van der Waals surface area contributed by atoms with Crippen LogP contribution in [0.1, 0.15) is 46.7 Å². The van der Waals surface area contributed by atoms with Gasteiger partial charge < -0.3 is 14.5 Å². The molecule has 3 atom stereocenters. The van der Waals surface area contributed by atoms with E-state index in [0.29, 0.717) is 18.7 Å². The van der Waals surface area contributed by atoms with Gasteiger partial charge in [0.1, 0.15) is 6.54 Å². The summed E-state index contributed by atoms with van der Waals surface area (Å²) in [5.74, 6) is -1.21. The van der Waals surface area contributed by atoms with E-state index >= 15 is 0 Å². The largest absolute Gasteiger partial charge is 0.469 e. The smallest absolute Gasteiger partial charge is 0.311 e. The molecule has 8 nitrogen and oxygen atoms in total. The van der Waals surface area contributed by atoms with Crippen molar-refractivity contribution in [2.75, 3.05) is 20.2 Å². The number of fused-ring (bicyclic) bond motifs is 1. The molecule has 2 fully saturated rings. The molecule has 2 aromatic rings. The number of amides is 2. The summed E-state index contributed by atoms with van der Waals surface area (Å²) in [7, 11) is 1.37. The maximum absolute atomic E-state index is 13.2. The SMILES string of the molecule is CCc1[nH]nc(C(=O)N2CC(=O)N3[C@@H](C[C@H](C(=O)OC)[C@@H]3c3ccccc3)C2)c1C. The first-order valence-electron chi connectivity index (χ1n) is 10.2. The highest BCUT2D eigenvalue weighted by Crippen LogP contribution is 2.43. The normalized spacial score (nSPS) is 23.4. The minimum Gasteiger partial charge on any atom is -0.469 e. The number of aromatic nitrogens is 2. The Labute approximate surface area is 175 Å². The minimum absolute atomic E-state index is 0.0275. The van der Waals surface area contributed by atoms with Gasteiger partial charge in [0.2, 0.25) is 5.91 Å². The highest BCUT2D eigenvalue weighted by Gasteiger charge is 2.51. The van der Waals surface area contributed by atoms with E-state index in [1.165, 1.54) is 7.11 Å². The first kappa shape index (κ1) is 20.1. The van der Waals surface area contributed by atoms with Crippen LogP contribution in [-0.4, -0.2) is 64.0 Å². The lowest BCUT2D eigenvalue weighted by Gasteiger charge is -2.39. The van der Waals surface area contributed by atoms with Gasteiger partial charge in [-0.05, 0) is 25.3 Å². The Morgan fingerprint density at radius 3 is 2.63 bits per heavy atom. The summed E-state index contributed by atoms with van der Waals surface area (Å²) in [5.41, 5.74) is 2.99. The molecular formula is C22H26N4O4. The predicted octanol–water partition coefficient (Wildman–Crippen LogP) is 1.87. The second-order valence-corrected chi connectivity index (χ2v) is 7.89. The maximum atomic E-state index is 13.2. The highest BCUT2D eigenvalue weighted by molar-refractivity contribution is 5.97. The molecule has 1 aromatic carbocycles. The summed E-state index contributed by atoms with van der Waals surface area (Å²) in [6.45, 7) is 4.20. The topological polar surface area (TPSA) is 95.6 Å². The third-order valence-corrected chi connectivity index (χ3v) is 6.24. The van der Waals surface area contributed by atoms with Gasteiger partial charge in [-0.3, -0.25) is 19.5 Å². The molecular weight excluding hydrogens is 384 g/mol. The highest BCUT2D eigenvalue weighted by atomic mass is 16.5. The van der Waals surface area contributed by atoms with Crippen molar-refractivity contribution in [2.24, 2.45) is 5.92 Å². The third kappa shape index (κ3) is 3.26. The molecule has 1 N–H and O–H groups in total. The average Bonchev–Trinajstić information content (AvgIpc) is 3.34. The van der Waals surface area contributed by atoms with Crippen LogP contribution < -0.4 is 0 Å². The number of nitrogens with one attached hydrogen (secondary N) is 1. The van der Waals surface area contributed by atoms with Crippen LogP contribution in [0.3, 0.4) is 0 Å². The van der Waals surface area contributed by atoms with Gasteiger partial charge in [-0.25, -0.2) is 0 Å². The van der Waals surface area contributed by atoms with Crippen molar-refractivity contribution < 1.29 is 19.1 Å². The summed E-state index contributed by atoms with van der Waals surface area (Å²) < 4.78 is 5.03. The van der Waals surface area contributed by atoms with E-state index in [1.54, 1.807) is 9.80 Å². The second kappa shape index (κ2) is 7.93. The van der Waals surface area contributed by atoms with Crippen LogP contribution >= 0.6 is 0 Å². The van der Waals surface area contributed by atoms with Gasteiger partial charge in [-0.1, -0.05) is 37.3 Å². The number of aromatic amines is 1. The zero-order chi connectivity index (χ0) is 21.4. The van der Waals surface area contributed by atoms with E-state index < -0.39 is 5.92 Å². The van der Waals surface area contributed by atoms with Crippen molar-refractivity contribution in [1.29, 1.82) is 0 Å². The first-order valence-corrected chi connectivity index (χ1v) is 10.2. The van der Waals surface area contributed by atoms with Crippen molar-refractivity contribution >= 4 is 17.8 Å². The van der Waals surface area contributed by atoms with Gasteiger partial charge in [0, 0.05) is 17.8 Å². The van der Waals surface area contributed by atoms with Crippen LogP contribution in [-0.2, 0) is 20.7 Å². The first-order chi connectivity index (χ1) is 14.5. The molecule has 2 aliphatic rings. The molecule has 0 unspecified atom stereocenters. The van der Waals surface area contributed by atoms with E-state index in [9.17, 15) is 14.4 Å². The molecule has 4 rings (SSSR count). The van der Waals surface area contributed by atoms with Crippen molar-refractivity contribution in [2.45, 2.75) is 38.8 Å². The summed E-state index contributed by atoms with van der Waals surface area (Å²) in [4.78, 5) is 42.1. The molecule has 3 heterocycles. The summed E-state index contributed by atoms with van der Waals surface area (Å²) in [5, 5.41) is 7.08. The minimum atomic E-state index is -0.458. The molecule has 8 heteroatoms. The molecule has 0 aliphatic carbocycles. The number of aryl methyl sites for hydroxylation is 1. The Morgan fingerprint density at radius 2 is 2.00 bits per heavy atom. The van der Waals surface area contributed by atoms with Gasteiger partial charge in [0.05, 0.1) is 25.1 Å². The van der Waals surface area contributed by atoms with Crippen LogP contribution in [0.15, 0.2) is 30.3 Å². The number of H-pyrrole nitrogens is 1. The lowest BCUT2D eigenvalue weighted by molar-refractivity contribution is -0.147. The quantitative estimate of drug-likeness (QED) is 0.777. The zero-order valence-electron chi connectivity index (χ0n) is 17.4. The molecule has 30 heavy (non-hydrogen) atoms. The van der Waals surface area contributed by atoms with E-state index in [0.717, 1.165) is 23.2 Å². The Morgan fingerprint density at radius 1 is 1.27 bits per heavy atom. The molecule has 0 bridgehead atoms. The van der Waals surface area contributed by atoms with E-state index in [1.807, 2.05) is 44.2 Å². The zero-order valence-corrected chi connectivity index (χ0v) is 17.4. The van der Waals surface area contributed by atoms with Crippen molar-refractivity contribution in [3.63, 3.8) is 0 Å². The lowest BCUT2D eigenvalue weighted by atomic mass is 9.93. The number of benzene rings is 1. The Bertz CT molecular complexity index is 971. The van der Waals surface area contributed by atoms with Gasteiger partial charge >= 0.3 is 5.97 Å². The molecule has 0 radical (unpaired) electrons. The molecule has 1 aromatic heterocycles. The number of rotatable bonds is 4. The van der Waals surface area contributed by atoms with E-state index in [2.05, 4.69) is 10.2 Å². The molecule has 158 valence electrons. The summed E-state index contributed by atoms with van der Waals surface area (Å²) in [6.07, 6.45) is 1.21. The Kier molecular flexibility index (Phi) is 5.32. The Balaban J connectivity index is 1.62. The number of hydrogen-bond acceptors (Lipinski definition) is 5. The second-order valence-electron chi connectivity index (χ2n) is 7.89. The van der Waals surface area contributed by atoms with E-state index in [-0.39, 0.29) is 36.4 Å². The number of esters is 1. The fraction of sp³-hybridized carbons (Fsp3) is 0.455. The fourth-order valence-corrected chi connectivity index (χ4v) is 4.75. The van der Waals surface area contributed by atoms with Crippen LogP contribution in [0.4, 0.5) is 0 Å². The van der Waals surface area contributed by atoms with Crippen molar-refractivity contribution in [1.82, 2.24) is 20.0 Å². The molecule has 0 saturated carbocycles. The number of carbonyl (C=O) groups excluding carboxylic acids is 3. The summed E-state index contributed by atoms with van der Waals surface area (Å²) in [6, 6.07) is 8.92. The Hall–Kier alpha value is -3.16. The number of ether oxygens (including phenoxy) is 1. The maximum Gasteiger partial charge on any atom is 0.311 e. The van der Waals surface area contributed by atoms with E-state index in [4.69, 9.17) is 4.74 Å². The molecule has 2 amide bonds. The van der Waals surface area contributed by atoms with Crippen LogP contribution in [0.5, 0.6) is 0 Å². The van der Waals surface area contributed by atoms with Gasteiger partial charge in [0.15, 0.2) is 5.69 Å². The van der Waals surface area contributed by atoms with Crippen LogP contribution in [0.2, 0.25) is 0 Å². The molecule has 0 spiro atoms. The number of piperazine rings is 1. The van der Waals surface area contributed by atoms with Crippen LogP contribution in [0.25, 0.3) is 0 Å². The number of methoxy groups -OCH3 is 1. The number of nitrogens with zero attached hydrogens (tertiary/aromatic N) is 3. The fourth-order valence-electron chi connectivity index (χ4n) is 4.75. The van der Waals surface area contributed by atoms with Gasteiger partial charge in [-0.2, -0.15) is 5.10 Å². The average molecular weight is 410 g/mol. The monoisotopic (exact) mass is 410 g/mol. The summed E-state index contributed by atoms with van der Waals surface area (Å²) >= 11 is 0. The molecule has 2 saturated heterocycles. The lowest BCUT2D eigenvalue weighted by Crippen LogP contribution is -2.56. The van der Waals surface area contributed by atoms with Gasteiger partial charge in [-0.15, -0.1) is 0 Å². The van der Waals surface area contributed by atoms with Crippen molar-refractivity contribution in [3.8, 4) is 0 Å². The number of hydrogen-bond donors (Lipinski definition) is 1. The predicted molar refractivity (Wildman–Crippen MR) is 109 cm³/mol. The van der Waals surface area contributed by atoms with Crippen LogP contribution in [0, 0.1) is 12.8 Å².